The van der Waals surface area contributed by atoms with Crippen molar-refractivity contribution in [1.82, 2.24) is 10.6 Å². The zero-order valence-corrected chi connectivity index (χ0v) is 17.4. The highest BCUT2D eigenvalue weighted by Gasteiger charge is 2.34. The van der Waals surface area contributed by atoms with Gasteiger partial charge in [-0.05, 0) is 47.5 Å². The van der Waals surface area contributed by atoms with Gasteiger partial charge in [0.05, 0.1) is 48.7 Å². The van der Waals surface area contributed by atoms with Crippen LogP contribution in [0.1, 0.15) is 17.2 Å². The number of ether oxygens (including phenoxy) is 3. The van der Waals surface area contributed by atoms with Gasteiger partial charge in [0.15, 0.2) is 5.75 Å². The SMILES string of the molecule is COC(=O)C1=C(c2ccc(OC)cc2)NC(=O)NC1c1cc(Cl)c(OC)c(Cl)c1. The van der Waals surface area contributed by atoms with Crippen LogP contribution in [0.2, 0.25) is 10.0 Å². The largest absolute Gasteiger partial charge is 0.497 e. The summed E-state index contributed by atoms with van der Waals surface area (Å²) in [6, 6.07) is 8.74. The minimum absolute atomic E-state index is 0.203. The van der Waals surface area contributed by atoms with Gasteiger partial charge in [-0.15, -0.1) is 0 Å². The van der Waals surface area contributed by atoms with Crippen molar-refractivity contribution in [3.05, 3.63) is 63.1 Å². The number of esters is 1. The molecule has 0 radical (unpaired) electrons. The number of rotatable bonds is 5. The maximum Gasteiger partial charge on any atom is 0.338 e. The van der Waals surface area contributed by atoms with Crippen LogP contribution in [-0.4, -0.2) is 33.3 Å². The molecule has 2 aromatic carbocycles. The van der Waals surface area contributed by atoms with Gasteiger partial charge in [0.25, 0.3) is 0 Å². The molecule has 2 aromatic rings. The summed E-state index contributed by atoms with van der Waals surface area (Å²) in [4.78, 5) is 25.0. The molecule has 0 aromatic heterocycles. The van der Waals surface area contributed by atoms with Gasteiger partial charge >= 0.3 is 12.0 Å². The molecule has 1 aliphatic rings. The van der Waals surface area contributed by atoms with Crippen molar-refractivity contribution in [2.24, 2.45) is 0 Å². The van der Waals surface area contributed by atoms with Crippen molar-refractivity contribution >= 4 is 40.9 Å². The number of carbonyl (C=O) groups is 2. The summed E-state index contributed by atoms with van der Waals surface area (Å²) in [5, 5.41) is 5.90. The molecule has 3 rings (SSSR count). The third kappa shape index (κ3) is 4.11. The van der Waals surface area contributed by atoms with Crippen molar-refractivity contribution in [3.63, 3.8) is 0 Å². The van der Waals surface area contributed by atoms with Crippen molar-refractivity contribution in [2.45, 2.75) is 6.04 Å². The Morgan fingerprint density at radius 1 is 1.00 bits per heavy atom. The minimum Gasteiger partial charge on any atom is -0.497 e. The van der Waals surface area contributed by atoms with Crippen molar-refractivity contribution in [2.75, 3.05) is 21.3 Å². The third-order valence-electron chi connectivity index (χ3n) is 4.41. The highest BCUT2D eigenvalue weighted by atomic mass is 35.5. The number of carbonyl (C=O) groups excluding carboxylic acids is 2. The molecule has 29 heavy (non-hydrogen) atoms. The molecule has 152 valence electrons. The molecule has 0 saturated carbocycles. The lowest BCUT2D eigenvalue weighted by molar-refractivity contribution is -0.136. The summed E-state index contributed by atoms with van der Waals surface area (Å²) < 4.78 is 15.3. The first-order chi connectivity index (χ1) is 13.9. The maximum absolute atomic E-state index is 12.7. The van der Waals surface area contributed by atoms with E-state index in [1.165, 1.54) is 14.2 Å². The molecule has 0 fully saturated rings. The standard InChI is InChI=1S/C20H18Cl2N2O5/c1-27-12-6-4-10(5-7-12)16-15(19(25)29-3)17(24-20(26)23-16)11-8-13(21)18(28-2)14(22)9-11/h4-9,17H,1-3H3,(H2,23,24,26). The Hall–Kier alpha value is -2.90. The van der Waals surface area contributed by atoms with E-state index in [1.807, 2.05) is 0 Å². The Balaban J connectivity index is 2.19. The fraction of sp³-hybridized carbons (Fsp3) is 0.200. The average Bonchev–Trinajstić information content (AvgIpc) is 2.72. The van der Waals surface area contributed by atoms with Gasteiger partial charge in [-0.2, -0.15) is 0 Å². The van der Waals surface area contributed by atoms with Crippen molar-refractivity contribution in [1.29, 1.82) is 0 Å². The van der Waals surface area contributed by atoms with Gasteiger partial charge in [0.2, 0.25) is 0 Å². The molecule has 7 nitrogen and oxygen atoms in total. The fourth-order valence-corrected chi connectivity index (χ4v) is 3.73. The topological polar surface area (TPSA) is 85.9 Å². The van der Waals surface area contributed by atoms with Gasteiger partial charge in [-0.3, -0.25) is 0 Å². The van der Waals surface area contributed by atoms with Gasteiger partial charge in [0, 0.05) is 0 Å². The lowest BCUT2D eigenvalue weighted by Gasteiger charge is -2.29. The zero-order valence-electron chi connectivity index (χ0n) is 15.8. The predicted octanol–water partition coefficient (Wildman–Crippen LogP) is 3.95. The Kier molecular flexibility index (Phi) is 6.20. The molecule has 9 heteroatoms. The van der Waals surface area contributed by atoms with Crippen molar-refractivity contribution in [3.8, 4) is 11.5 Å². The summed E-state index contributed by atoms with van der Waals surface area (Å²) in [5.74, 6) is 0.326. The smallest absolute Gasteiger partial charge is 0.338 e. The fourth-order valence-electron chi connectivity index (χ4n) is 3.07. The van der Waals surface area contributed by atoms with Gasteiger partial charge in [0.1, 0.15) is 5.75 Å². The zero-order chi connectivity index (χ0) is 21.1. The maximum atomic E-state index is 12.7. The number of nitrogens with one attached hydrogen (secondary N) is 2. The Morgan fingerprint density at radius 2 is 1.62 bits per heavy atom. The summed E-state index contributed by atoms with van der Waals surface area (Å²) >= 11 is 12.5. The monoisotopic (exact) mass is 436 g/mol. The second-order valence-corrected chi connectivity index (χ2v) is 6.87. The van der Waals surface area contributed by atoms with Crippen LogP contribution in [0.4, 0.5) is 4.79 Å². The number of benzene rings is 2. The molecule has 1 atom stereocenters. The van der Waals surface area contributed by atoms with Crippen LogP contribution in [0.25, 0.3) is 5.70 Å². The first-order valence-electron chi connectivity index (χ1n) is 8.47. The molecule has 0 bridgehead atoms. The van der Waals surface area contributed by atoms with Crippen LogP contribution in [0, 0.1) is 0 Å². The van der Waals surface area contributed by atoms with E-state index in [0.29, 0.717) is 28.3 Å². The highest BCUT2D eigenvalue weighted by molar-refractivity contribution is 6.37. The van der Waals surface area contributed by atoms with Gasteiger partial charge < -0.3 is 24.8 Å². The quantitative estimate of drug-likeness (QED) is 0.692. The molecule has 2 amide bonds. The molecule has 1 heterocycles. The second kappa shape index (κ2) is 8.63. The van der Waals surface area contributed by atoms with Gasteiger partial charge in [-0.1, -0.05) is 23.2 Å². The Morgan fingerprint density at radius 3 is 2.14 bits per heavy atom. The van der Waals surface area contributed by atoms with Crippen LogP contribution in [0.5, 0.6) is 11.5 Å². The van der Waals surface area contributed by atoms with Crippen LogP contribution < -0.4 is 20.1 Å². The van der Waals surface area contributed by atoms with E-state index in [2.05, 4.69) is 10.6 Å². The molecule has 1 unspecified atom stereocenters. The molecule has 0 spiro atoms. The first kappa shape index (κ1) is 20.8. The van der Waals surface area contributed by atoms with E-state index >= 15 is 0 Å². The van der Waals surface area contributed by atoms with E-state index in [4.69, 9.17) is 37.4 Å². The molecule has 2 N–H and O–H groups in total. The Bertz CT molecular complexity index is 966. The van der Waals surface area contributed by atoms with E-state index in [1.54, 1.807) is 43.5 Å². The van der Waals surface area contributed by atoms with E-state index < -0.39 is 18.0 Å². The summed E-state index contributed by atoms with van der Waals surface area (Å²) in [6.07, 6.45) is 0. The summed E-state index contributed by atoms with van der Waals surface area (Å²) in [5.41, 5.74) is 1.63. The predicted molar refractivity (Wildman–Crippen MR) is 109 cm³/mol. The van der Waals surface area contributed by atoms with Gasteiger partial charge in [-0.25, -0.2) is 9.59 Å². The number of halogens is 2. The molecule has 0 aliphatic carbocycles. The number of hydrogen-bond donors (Lipinski definition) is 2. The Labute approximate surface area is 177 Å². The molecule has 0 saturated heterocycles. The van der Waals surface area contributed by atoms with Crippen LogP contribution in [-0.2, 0) is 9.53 Å². The second-order valence-electron chi connectivity index (χ2n) is 6.06. The molecular weight excluding hydrogens is 419 g/mol. The first-order valence-corrected chi connectivity index (χ1v) is 9.22. The lowest BCUT2D eigenvalue weighted by Crippen LogP contribution is -2.45. The van der Waals surface area contributed by atoms with Crippen LogP contribution >= 0.6 is 23.2 Å². The molecular formula is C20H18Cl2N2O5. The lowest BCUT2D eigenvalue weighted by atomic mass is 9.92. The van der Waals surface area contributed by atoms with E-state index in [9.17, 15) is 9.59 Å². The normalized spacial score (nSPS) is 16.0. The number of hydrogen-bond acceptors (Lipinski definition) is 5. The number of methoxy groups -OCH3 is 3. The average molecular weight is 437 g/mol. The summed E-state index contributed by atoms with van der Waals surface area (Å²) in [6.45, 7) is 0. The highest BCUT2D eigenvalue weighted by Crippen LogP contribution is 2.39. The van der Waals surface area contributed by atoms with Crippen LogP contribution in [0.15, 0.2) is 42.0 Å². The third-order valence-corrected chi connectivity index (χ3v) is 4.98. The minimum atomic E-state index is -0.839. The summed E-state index contributed by atoms with van der Waals surface area (Å²) in [7, 11) is 4.26. The van der Waals surface area contributed by atoms with Crippen LogP contribution in [0.3, 0.4) is 0 Å². The van der Waals surface area contributed by atoms with E-state index in [-0.39, 0.29) is 15.6 Å². The van der Waals surface area contributed by atoms with Crippen molar-refractivity contribution < 1.29 is 23.8 Å². The van der Waals surface area contributed by atoms with E-state index in [0.717, 1.165) is 0 Å². The molecule has 1 aliphatic heterocycles. The number of amides is 2. The number of urea groups is 1.